The van der Waals surface area contributed by atoms with E-state index >= 15 is 0 Å². The Kier molecular flexibility index (Phi) is 5.18. The highest BCUT2D eigenvalue weighted by atomic mass is 32.2. The van der Waals surface area contributed by atoms with Crippen molar-refractivity contribution in [3.05, 3.63) is 53.2 Å². The van der Waals surface area contributed by atoms with E-state index in [0.29, 0.717) is 10.6 Å². The van der Waals surface area contributed by atoms with E-state index in [1.54, 1.807) is 24.3 Å². The Morgan fingerprint density at radius 1 is 1.14 bits per heavy atom. The van der Waals surface area contributed by atoms with Crippen LogP contribution in [0, 0.1) is 5.82 Å². The number of halogens is 1. The van der Waals surface area contributed by atoms with Crippen LogP contribution in [0.25, 0.3) is 10.1 Å². The highest BCUT2D eigenvalue weighted by molar-refractivity contribution is 7.92. The molecule has 0 aliphatic carbocycles. The maximum absolute atomic E-state index is 13.6. The normalized spacial score (nSPS) is 14.3. The molecule has 6 nitrogen and oxygen atoms in total. The lowest BCUT2D eigenvalue weighted by molar-refractivity contribution is 0.0797. The largest absolute Gasteiger partial charge is 0.495 e. The molecule has 1 saturated heterocycles. The number of hydrogen-bond acceptors (Lipinski definition) is 5. The highest BCUT2D eigenvalue weighted by Crippen LogP contribution is 2.31. The SMILES string of the molecule is COc1ccc(F)cc1S(=O)(=O)Nc1ccc2sc(C(=O)N3CCCC3)cc2c1. The van der Waals surface area contributed by atoms with Crippen molar-refractivity contribution in [3.8, 4) is 5.75 Å². The van der Waals surface area contributed by atoms with Crippen molar-refractivity contribution in [2.75, 3.05) is 24.9 Å². The van der Waals surface area contributed by atoms with Gasteiger partial charge in [0.1, 0.15) is 16.5 Å². The molecule has 1 aliphatic rings. The number of nitrogens with zero attached hydrogens (tertiary/aromatic N) is 1. The fraction of sp³-hybridized carbons (Fsp3) is 0.250. The molecule has 0 unspecified atom stereocenters. The van der Waals surface area contributed by atoms with Gasteiger partial charge in [0.2, 0.25) is 0 Å². The predicted molar refractivity (Wildman–Crippen MR) is 111 cm³/mol. The third-order valence-electron chi connectivity index (χ3n) is 4.79. The van der Waals surface area contributed by atoms with Gasteiger partial charge in [0.25, 0.3) is 15.9 Å². The number of hydrogen-bond donors (Lipinski definition) is 1. The second-order valence-electron chi connectivity index (χ2n) is 6.76. The van der Waals surface area contributed by atoms with Crippen LogP contribution in [0.3, 0.4) is 0 Å². The number of amides is 1. The Hall–Kier alpha value is -2.65. The van der Waals surface area contributed by atoms with Crippen LogP contribution in [0.15, 0.2) is 47.4 Å². The number of methoxy groups -OCH3 is 1. The smallest absolute Gasteiger partial charge is 0.265 e. The summed E-state index contributed by atoms with van der Waals surface area (Å²) in [5.41, 5.74) is 0.321. The number of benzene rings is 2. The highest BCUT2D eigenvalue weighted by Gasteiger charge is 2.23. The average Bonchev–Trinajstić information content (AvgIpc) is 3.36. The molecular weight excluding hydrogens is 415 g/mol. The van der Waals surface area contributed by atoms with Gasteiger partial charge >= 0.3 is 0 Å². The van der Waals surface area contributed by atoms with Gasteiger partial charge in [-0.3, -0.25) is 9.52 Å². The van der Waals surface area contributed by atoms with Gasteiger partial charge in [-0.1, -0.05) is 0 Å². The van der Waals surface area contributed by atoms with Crippen LogP contribution in [0.1, 0.15) is 22.5 Å². The summed E-state index contributed by atoms with van der Waals surface area (Å²) < 4.78 is 47.5. The zero-order chi connectivity index (χ0) is 20.6. The quantitative estimate of drug-likeness (QED) is 0.656. The summed E-state index contributed by atoms with van der Waals surface area (Å²) in [5.74, 6) is -0.617. The van der Waals surface area contributed by atoms with Crippen LogP contribution < -0.4 is 9.46 Å². The molecule has 1 amide bonds. The summed E-state index contributed by atoms with van der Waals surface area (Å²) in [7, 11) is -2.73. The minimum atomic E-state index is -4.06. The van der Waals surface area contributed by atoms with E-state index in [2.05, 4.69) is 4.72 Å². The third-order valence-corrected chi connectivity index (χ3v) is 7.29. The molecule has 0 bridgehead atoms. The van der Waals surface area contributed by atoms with Crippen LogP contribution in [0.2, 0.25) is 0 Å². The maximum Gasteiger partial charge on any atom is 0.265 e. The fourth-order valence-corrected chi connectivity index (χ4v) is 5.60. The first-order valence-corrected chi connectivity index (χ1v) is 11.4. The zero-order valence-electron chi connectivity index (χ0n) is 15.6. The number of thiophene rings is 1. The van der Waals surface area contributed by atoms with Gasteiger partial charge in [0.15, 0.2) is 0 Å². The molecule has 2 aromatic carbocycles. The molecule has 152 valence electrons. The van der Waals surface area contributed by atoms with Crippen LogP contribution in [-0.2, 0) is 10.0 Å². The molecule has 1 aliphatic heterocycles. The summed E-state index contributed by atoms with van der Waals surface area (Å²) in [6, 6.07) is 10.1. The number of anilines is 1. The number of nitrogens with one attached hydrogen (secondary N) is 1. The van der Waals surface area contributed by atoms with E-state index in [9.17, 15) is 17.6 Å². The number of likely N-dealkylation sites (tertiary alicyclic amines) is 1. The molecule has 29 heavy (non-hydrogen) atoms. The van der Waals surface area contributed by atoms with Gasteiger partial charge in [-0.15, -0.1) is 11.3 Å². The van der Waals surface area contributed by atoms with Crippen molar-refractivity contribution in [1.29, 1.82) is 0 Å². The van der Waals surface area contributed by atoms with E-state index in [4.69, 9.17) is 4.74 Å². The monoisotopic (exact) mass is 434 g/mol. The fourth-order valence-electron chi connectivity index (χ4n) is 3.36. The number of rotatable bonds is 5. The zero-order valence-corrected chi connectivity index (χ0v) is 17.3. The van der Waals surface area contributed by atoms with Gasteiger partial charge in [0.05, 0.1) is 12.0 Å². The van der Waals surface area contributed by atoms with Gasteiger partial charge in [0, 0.05) is 23.5 Å². The average molecular weight is 435 g/mol. The molecule has 1 fully saturated rings. The molecule has 9 heteroatoms. The molecule has 1 N–H and O–H groups in total. The van der Waals surface area contributed by atoms with Crippen molar-refractivity contribution >= 4 is 43.0 Å². The topological polar surface area (TPSA) is 75.7 Å². The number of carbonyl (C=O) groups excluding carboxylic acids is 1. The van der Waals surface area contributed by atoms with Crippen molar-refractivity contribution in [3.63, 3.8) is 0 Å². The van der Waals surface area contributed by atoms with E-state index in [0.717, 1.165) is 48.2 Å². The second-order valence-corrected chi connectivity index (χ2v) is 9.50. The van der Waals surface area contributed by atoms with Crippen LogP contribution in [0.5, 0.6) is 5.75 Å². The van der Waals surface area contributed by atoms with E-state index in [1.165, 1.54) is 24.5 Å². The molecule has 1 aromatic heterocycles. The molecule has 0 radical (unpaired) electrons. The second kappa shape index (κ2) is 7.64. The van der Waals surface area contributed by atoms with E-state index in [1.807, 2.05) is 4.90 Å². The Labute approximate surface area is 172 Å². The maximum atomic E-state index is 13.6. The molecule has 0 spiro atoms. The molecule has 2 heterocycles. The summed E-state index contributed by atoms with van der Waals surface area (Å²) in [6.45, 7) is 1.54. The minimum absolute atomic E-state index is 0.00956. The van der Waals surface area contributed by atoms with Crippen molar-refractivity contribution in [2.45, 2.75) is 17.7 Å². The lowest BCUT2D eigenvalue weighted by Crippen LogP contribution is -2.26. The summed E-state index contributed by atoms with van der Waals surface area (Å²) in [5, 5.41) is 0.768. The van der Waals surface area contributed by atoms with Gasteiger partial charge in [-0.2, -0.15) is 0 Å². The Morgan fingerprint density at radius 3 is 2.62 bits per heavy atom. The lowest BCUT2D eigenvalue weighted by atomic mass is 10.2. The van der Waals surface area contributed by atoms with Crippen molar-refractivity contribution in [1.82, 2.24) is 4.90 Å². The number of carbonyl (C=O) groups is 1. The first-order valence-electron chi connectivity index (χ1n) is 9.06. The van der Waals surface area contributed by atoms with Gasteiger partial charge in [-0.25, -0.2) is 12.8 Å². The lowest BCUT2D eigenvalue weighted by Gasteiger charge is -2.13. The number of ether oxygens (including phenoxy) is 1. The number of sulfonamides is 1. The van der Waals surface area contributed by atoms with E-state index < -0.39 is 15.8 Å². The first kappa shape index (κ1) is 19.7. The molecule has 0 atom stereocenters. The standard InChI is InChI=1S/C20H19FN2O4S2/c1-27-16-6-4-14(21)12-19(16)29(25,26)22-15-5-7-17-13(10-15)11-18(28-17)20(24)23-8-2-3-9-23/h4-7,10-12,22H,2-3,8-9H2,1H3. The third kappa shape index (κ3) is 3.92. The molecular formula is C20H19FN2O4S2. The molecule has 4 rings (SSSR count). The summed E-state index contributed by atoms with van der Waals surface area (Å²) in [4.78, 5) is 14.8. The Bertz CT molecular complexity index is 1180. The summed E-state index contributed by atoms with van der Waals surface area (Å²) >= 11 is 1.39. The Morgan fingerprint density at radius 2 is 1.90 bits per heavy atom. The van der Waals surface area contributed by atoms with Gasteiger partial charge in [-0.05, 0) is 60.7 Å². The number of fused-ring (bicyclic) bond motifs is 1. The predicted octanol–water partition coefficient (Wildman–Crippen LogP) is 4.09. The van der Waals surface area contributed by atoms with E-state index in [-0.39, 0.29) is 16.6 Å². The van der Waals surface area contributed by atoms with Crippen LogP contribution in [0.4, 0.5) is 10.1 Å². The van der Waals surface area contributed by atoms with Gasteiger partial charge < -0.3 is 9.64 Å². The molecule has 0 saturated carbocycles. The van der Waals surface area contributed by atoms with Crippen LogP contribution >= 0.6 is 11.3 Å². The first-order chi connectivity index (χ1) is 13.9. The van der Waals surface area contributed by atoms with Crippen molar-refractivity contribution in [2.24, 2.45) is 0 Å². The summed E-state index contributed by atoms with van der Waals surface area (Å²) in [6.07, 6.45) is 2.04. The minimum Gasteiger partial charge on any atom is -0.495 e. The Balaban J connectivity index is 1.63. The molecule has 3 aromatic rings. The van der Waals surface area contributed by atoms with Crippen LogP contribution in [-0.4, -0.2) is 39.4 Å². The van der Waals surface area contributed by atoms with Crippen molar-refractivity contribution < 1.29 is 22.3 Å².